The molecule has 0 atom stereocenters. The number of benzene rings is 3. The first kappa shape index (κ1) is 22.6. The van der Waals surface area contributed by atoms with E-state index in [0.29, 0.717) is 23.7 Å². The highest BCUT2D eigenvalue weighted by Gasteiger charge is 2.13. The van der Waals surface area contributed by atoms with Gasteiger partial charge >= 0.3 is 0 Å². The molecular formula is C26H23ClFN3O2. The number of carbonyl (C=O) groups is 1. The van der Waals surface area contributed by atoms with E-state index in [1.165, 1.54) is 17.7 Å². The molecule has 1 heterocycles. The molecule has 1 amide bonds. The van der Waals surface area contributed by atoms with Crippen LogP contribution in [0.5, 0.6) is 5.75 Å². The van der Waals surface area contributed by atoms with Gasteiger partial charge in [0.15, 0.2) is 5.82 Å². The smallest absolute Gasteiger partial charge is 0.256 e. The van der Waals surface area contributed by atoms with Crippen LogP contribution < -0.4 is 10.1 Å². The molecule has 7 heteroatoms. The van der Waals surface area contributed by atoms with E-state index in [1.54, 1.807) is 35.1 Å². The quantitative estimate of drug-likeness (QED) is 0.356. The van der Waals surface area contributed by atoms with Gasteiger partial charge in [0.25, 0.3) is 5.91 Å². The summed E-state index contributed by atoms with van der Waals surface area (Å²) in [4.78, 5) is 12.8. The second-order valence-corrected chi connectivity index (χ2v) is 8.27. The van der Waals surface area contributed by atoms with Crippen LogP contribution in [-0.4, -0.2) is 15.7 Å². The van der Waals surface area contributed by atoms with Gasteiger partial charge in [-0.1, -0.05) is 53.6 Å². The molecule has 1 N–H and O–H groups in total. The predicted molar refractivity (Wildman–Crippen MR) is 127 cm³/mol. The molecule has 0 saturated carbocycles. The Morgan fingerprint density at radius 2 is 1.85 bits per heavy atom. The Balaban J connectivity index is 1.41. The molecular weight excluding hydrogens is 441 g/mol. The van der Waals surface area contributed by atoms with E-state index in [2.05, 4.69) is 16.5 Å². The highest BCUT2D eigenvalue weighted by Crippen LogP contribution is 2.22. The second-order valence-electron chi connectivity index (χ2n) is 7.86. The third-order valence-corrected chi connectivity index (χ3v) is 5.40. The molecule has 168 valence electrons. The minimum atomic E-state index is -0.322. The number of nitrogens with one attached hydrogen (secondary N) is 1. The van der Waals surface area contributed by atoms with Crippen molar-refractivity contribution in [1.82, 2.24) is 9.78 Å². The minimum absolute atomic E-state index is 0.265. The zero-order valence-corrected chi connectivity index (χ0v) is 19.1. The standard InChI is InChI=1S/C26H23ClFN3O2/c1-17-6-11-24(18(2)12-17)33-16-20-4-3-5-21(13-20)26(32)29-25-23(27)15-31(30-25)14-19-7-9-22(28)10-8-19/h3-13,15H,14,16H2,1-2H3,(H,29,30,32). The number of anilines is 1. The van der Waals surface area contributed by atoms with Crippen molar-refractivity contribution in [2.24, 2.45) is 0 Å². The first-order valence-corrected chi connectivity index (χ1v) is 10.8. The van der Waals surface area contributed by atoms with E-state index in [-0.39, 0.29) is 17.5 Å². The molecule has 0 aliphatic heterocycles. The molecule has 4 rings (SSSR count). The fourth-order valence-corrected chi connectivity index (χ4v) is 3.64. The van der Waals surface area contributed by atoms with Gasteiger partial charge in [-0.05, 0) is 60.9 Å². The first-order chi connectivity index (χ1) is 15.9. The zero-order valence-electron chi connectivity index (χ0n) is 18.3. The van der Waals surface area contributed by atoms with Crippen LogP contribution in [0.3, 0.4) is 0 Å². The molecule has 4 aromatic rings. The Morgan fingerprint density at radius 1 is 1.06 bits per heavy atom. The number of amides is 1. The van der Waals surface area contributed by atoms with Crippen LogP contribution in [0.1, 0.15) is 32.6 Å². The van der Waals surface area contributed by atoms with E-state index in [1.807, 2.05) is 38.1 Å². The topological polar surface area (TPSA) is 56.1 Å². The van der Waals surface area contributed by atoms with Crippen molar-refractivity contribution in [3.8, 4) is 5.75 Å². The third kappa shape index (κ3) is 5.79. The van der Waals surface area contributed by atoms with Crippen LogP contribution >= 0.6 is 11.6 Å². The normalized spacial score (nSPS) is 10.8. The van der Waals surface area contributed by atoms with Crippen LogP contribution in [0.15, 0.2) is 72.9 Å². The Morgan fingerprint density at radius 3 is 2.61 bits per heavy atom. The Kier molecular flexibility index (Phi) is 6.75. The summed E-state index contributed by atoms with van der Waals surface area (Å²) >= 11 is 6.26. The molecule has 0 fully saturated rings. The Hall–Kier alpha value is -3.64. The summed E-state index contributed by atoms with van der Waals surface area (Å²) in [5.41, 5.74) is 4.45. The number of aromatic nitrogens is 2. The number of nitrogens with zero attached hydrogens (tertiary/aromatic N) is 2. The van der Waals surface area contributed by atoms with Crippen LogP contribution in [-0.2, 0) is 13.2 Å². The van der Waals surface area contributed by atoms with Crippen molar-refractivity contribution in [3.05, 3.63) is 112 Å². The van der Waals surface area contributed by atoms with Crippen molar-refractivity contribution < 1.29 is 13.9 Å². The molecule has 0 unspecified atom stereocenters. The van der Waals surface area contributed by atoms with Gasteiger partial charge in [-0.25, -0.2) is 4.39 Å². The maximum absolute atomic E-state index is 13.1. The van der Waals surface area contributed by atoms with Crippen molar-refractivity contribution >= 4 is 23.3 Å². The third-order valence-electron chi connectivity index (χ3n) is 5.12. The molecule has 0 aliphatic carbocycles. The summed E-state index contributed by atoms with van der Waals surface area (Å²) in [5, 5.41) is 7.42. The van der Waals surface area contributed by atoms with E-state index < -0.39 is 0 Å². The van der Waals surface area contributed by atoms with Gasteiger partial charge in [0, 0.05) is 11.8 Å². The number of hydrogen-bond donors (Lipinski definition) is 1. The maximum Gasteiger partial charge on any atom is 0.256 e. The zero-order chi connectivity index (χ0) is 23.4. The number of aryl methyl sites for hydroxylation is 2. The first-order valence-electron chi connectivity index (χ1n) is 10.4. The van der Waals surface area contributed by atoms with Gasteiger partial charge in [0.05, 0.1) is 6.54 Å². The summed E-state index contributed by atoms with van der Waals surface area (Å²) in [6, 6.07) is 19.4. The molecule has 0 spiro atoms. The average Bonchev–Trinajstić information content (AvgIpc) is 3.13. The number of ether oxygens (including phenoxy) is 1. The maximum atomic E-state index is 13.1. The Bertz CT molecular complexity index is 1290. The van der Waals surface area contributed by atoms with Crippen molar-refractivity contribution in [2.75, 3.05) is 5.32 Å². The molecule has 0 aliphatic rings. The SMILES string of the molecule is Cc1ccc(OCc2cccc(C(=O)Nc3nn(Cc4ccc(F)cc4)cc3Cl)c2)c(C)c1. The highest BCUT2D eigenvalue weighted by atomic mass is 35.5. The molecule has 0 bridgehead atoms. The summed E-state index contributed by atoms with van der Waals surface area (Å²) in [5.74, 6) is 0.457. The largest absolute Gasteiger partial charge is 0.489 e. The van der Waals surface area contributed by atoms with E-state index in [0.717, 1.165) is 22.4 Å². The van der Waals surface area contributed by atoms with Crippen LogP contribution in [0.25, 0.3) is 0 Å². The Labute approximate surface area is 196 Å². The summed E-state index contributed by atoms with van der Waals surface area (Å²) < 4.78 is 20.6. The van der Waals surface area contributed by atoms with E-state index >= 15 is 0 Å². The minimum Gasteiger partial charge on any atom is -0.489 e. The lowest BCUT2D eigenvalue weighted by Crippen LogP contribution is -2.13. The molecule has 0 radical (unpaired) electrons. The lowest BCUT2D eigenvalue weighted by molar-refractivity contribution is 0.102. The number of hydrogen-bond acceptors (Lipinski definition) is 3. The van der Waals surface area contributed by atoms with Crippen LogP contribution in [0.4, 0.5) is 10.2 Å². The number of halogens is 2. The van der Waals surface area contributed by atoms with Crippen molar-refractivity contribution in [1.29, 1.82) is 0 Å². The summed E-state index contributed by atoms with van der Waals surface area (Å²) in [6.45, 7) is 4.79. The number of carbonyl (C=O) groups excluding carboxylic acids is 1. The van der Waals surface area contributed by atoms with Gasteiger partial charge in [-0.2, -0.15) is 5.10 Å². The predicted octanol–water partition coefficient (Wildman–Crippen LogP) is 6.17. The molecule has 3 aromatic carbocycles. The summed E-state index contributed by atoms with van der Waals surface area (Å²) in [6.07, 6.45) is 1.62. The van der Waals surface area contributed by atoms with Gasteiger partial charge in [0.1, 0.15) is 23.2 Å². The van der Waals surface area contributed by atoms with Gasteiger partial charge in [-0.15, -0.1) is 0 Å². The number of rotatable bonds is 7. The molecule has 5 nitrogen and oxygen atoms in total. The molecule has 0 saturated heterocycles. The van der Waals surface area contributed by atoms with Gasteiger partial charge < -0.3 is 10.1 Å². The van der Waals surface area contributed by atoms with Gasteiger partial charge in [0.2, 0.25) is 0 Å². The van der Waals surface area contributed by atoms with Crippen molar-refractivity contribution in [2.45, 2.75) is 27.0 Å². The average molecular weight is 464 g/mol. The second kappa shape index (κ2) is 9.88. The van der Waals surface area contributed by atoms with Crippen LogP contribution in [0, 0.1) is 19.7 Å². The molecule has 1 aromatic heterocycles. The van der Waals surface area contributed by atoms with Crippen LogP contribution in [0.2, 0.25) is 5.02 Å². The lowest BCUT2D eigenvalue weighted by Gasteiger charge is -2.11. The van der Waals surface area contributed by atoms with Crippen molar-refractivity contribution in [3.63, 3.8) is 0 Å². The fourth-order valence-electron chi connectivity index (χ4n) is 3.44. The van der Waals surface area contributed by atoms with E-state index in [4.69, 9.17) is 16.3 Å². The monoisotopic (exact) mass is 463 g/mol. The summed E-state index contributed by atoms with van der Waals surface area (Å²) in [7, 11) is 0. The molecule has 33 heavy (non-hydrogen) atoms. The van der Waals surface area contributed by atoms with E-state index in [9.17, 15) is 9.18 Å². The fraction of sp³-hybridized carbons (Fsp3) is 0.154. The lowest BCUT2D eigenvalue weighted by atomic mass is 10.1. The van der Waals surface area contributed by atoms with Gasteiger partial charge in [-0.3, -0.25) is 9.48 Å². The highest BCUT2D eigenvalue weighted by molar-refractivity contribution is 6.33.